The summed E-state index contributed by atoms with van der Waals surface area (Å²) in [5.41, 5.74) is 2.12. The van der Waals surface area contributed by atoms with Gasteiger partial charge in [0.05, 0.1) is 0 Å². The summed E-state index contributed by atoms with van der Waals surface area (Å²) in [5.74, 6) is -0.0608. The lowest BCUT2D eigenvalue weighted by Gasteiger charge is -1.97. The van der Waals surface area contributed by atoms with E-state index in [1.54, 1.807) is 6.08 Å². The number of rotatable bonds is 2. The number of benzene rings is 1. The predicted octanol–water partition coefficient (Wildman–Crippen LogP) is 3.55. The Kier molecular flexibility index (Phi) is 3.22. The molecule has 0 unspecified atom stereocenters. The van der Waals surface area contributed by atoms with E-state index in [0.717, 1.165) is 35.4 Å². The van der Waals surface area contributed by atoms with Crippen molar-refractivity contribution in [2.75, 3.05) is 0 Å². The molecule has 4 heteroatoms. The van der Waals surface area contributed by atoms with Crippen molar-refractivity contribution in [3.8, 4) is 0 Å². The Balaban J connectivity index is 1.92. The number of carbonyl (C=O) groups is 1. The molecule has 0 amide bonds. The van der Waals surface area contributed by atoms with Crippen LogP contribution >= 0.6 is 11.6 Å². The highest BCUT2D eigenvalue weighted by Crippen LogP contribution is 2.31. The smallest absolute Gasteiger partial charge is 0.363 e. The van der Waals surface area contributed by atoms with Gasteiger partial charge in [-0.05, 0) is 43.0 Å². The van der Waals surface area contributed by atoms with Crippen molar-refractivity contribution in [1.82, 2.24) is 0 Å². The number of hydrogen-bond donors (Lipinski definition) is 0. The van der Waals surface area contributed by atoms with Gasteiger partial charge in [0, 0.05) is 10.6 Å². The summed E-state index contributed by atoms with van der Waals surface area (Å²) in [7, 11) is 0. The van der Waals surface area contributed by atoms with Gasteiger partial charge < -0.3 is 4.74 Å². The second-order valence-electron chi connectivity index (χ2n) is 4.49. The highest BCUT2D eigenvalue weighted by atomic mass is 35.5. The van der Waals surface area contributed by atoms with Gasteiger partial charge >= 0.3 is 5.97 Å². The van der Waals surface area contributed by atoms with E-state index >= 15 is 0 Å². The van der Waals surface area contributed by atoms with Crippen LogP contribution in [0.2, 0.25) is 0 Å². The van der Waals surface area contributed by atoms with Gasteiger partial charge in [0.15, 0.2) is 5.70 Å². The van der Waals surface area contributed by atoms with E-state index in [1.165, 1.54) is 0 Å². The number of aliphatic imine (C=N–C) groups is 1. The van der Waals surface area contributed by atoms with Gasteiger partial charge in [0.1, 0.15) is 0 Å². The third-order valence-corrected chi connectivity index (χ3v) is 3.57. The lowest BCUT2D eigenvalue weighted by molar-refractivity contribution is -0.130. The number of halogens is 1. The lowest BCUT2D eigenvalue weighted by atomic mass is 10.2. The molecule has 0 saturated heterocycles. The molecule has 1 aromatic carbocycles. The van der Waals surface area contributed by atoms with Gasteiger partial charge in [0.2, 0.25) is 5.90 Å². The Labute approximate surface area is 116 Å². The topological polar surface area (TPSA) is 38.7 Å². The summed E-state index contributed by atoms with van der Waals surface area (Å²) in [4.78, 5) is 16.0. The molecular weight excluding hydrogens is 262 g/mol. The Bertz CT molecular complexity index is 614. The number of ether oxygens (including phenoxy) is 1. The second-order valence-corrected chi connectivity index (χ2v) is 4.94. The van der Waals surface area contributed by atoms with Crippen molar-refractivity contribution in [1.29, 1.82) is 0 Å². The minimum absolute atomic E-state index is 0.328. The molecule has 0 saturated carbocycles. The minimum atomic E-state index is -0.414. The van der Waals surface area contributed by atoms with Crippen molar-refractivity contribution < 1.29 is 9.53 Å². The first-order valence-corrected chi connectivity index (χ1v) is 6.57. The second kappa shape index (κ2) is 5.02. The molecule has 19 heavy (non-hydrogen) atoms. The SMILES string of the molecule is O=C1OC(c2ccccc2)=NC1=CC1=C(Cl)CCC1. The van der Waals surface area contributed by atoms with Crippen LogP contribution < -0.4 is 0 Å². The summed E-state index contributed by atoms with van der Waals surface area (Å²) in [6, 6.07) is 9.38. The zero-order valence-electron chi connectivity index (χ0n) is 10.2. The largest absolute Gasteiger partial charge is 0.402 e. The van der Waals surface area contributed by atoms with Crippen LogP contribution in [-0.2, 0) is 9.53 Å². The van der Waals surface area contributed by atoms with E-state index in [1.807, 2.05) is 30.3 Å². The van der Waals surface area contributed by atoms with Gasteiger partial charge in [-0.25, -0.2) is 9.79 Å². The van der Waals surface area contributed by atoms with Gasteiger partial charge in [-0.2, -0.15) is 0 Å². The van der Waals surface area contributed by atoms with Gasteiger partial charge in [0.25, 0.3) is 0 Å². The van der Waals surface area contributed by atoms with Crippen molar-refractivity contribution in [3.05, 3.63) is 58.3 Å². The fourth-order valence-electron chi connectivity index (χ4n) is 2.16. The zero-order valence-corrected chi connectivity index (χ0v) is 11.0. The molecule has 0 N–H and O–H groups in total. The molecule has 0 fully saturated rings. The first kappa shape index (κ1) is 12.2. The summed E-state index contributed by atoms with van der Waals surface area (Å²) in [6.45, 7) is 0. The third kappa shape index (κ3) is 2.47. The summed E-state index contributed by atoms with van der Waals surface area (Å²) in [6.07, 6.45) is 4.55. The zero-order chi connectivity index (χ0) is 13.2. The number of nitrogens with zero attached hydrogens (tertiary/aromatic N) is 1. The molecule has 1 heterocycles. The highest BCUT2D eigenvalue weighted by Gasteiger charge is 2.25. The van der Waals surface area contributed by atoms with E-state index in [9.17, 15) is 4.79 Å². The number of allylic oxidation sites excluding steroid dienone is 3. The van der Waals surface area contributed by atoms with Crippen molar-refractivity contribution in [2.24, 2.45) is 4.99 Å². The van der Waals surface area contributed by atoms with Gasteiger partial charge in [-0.3, -0.25) is 0 Å². The molecule has 0 spiro atoms. The van der Waals surface area contributed by atoms with E-state index < -0.39 is 5.97 Å². The Hall–Kier alpha value is -1.87. The Morgan fingerprint density at radius 3 is 2.68 bits per heavy atom. The minimum Gasteiger partial charge on any atom is -0.402 e. The van der Waals surface area contributed by atoms with Crippen LogP contribution in [0.4, 0.5) is 0 Å². The van der Waals surface area contributed by atoms with E-state index in [-0.39, 0.29) is 0 Å². The molecule has 0 atom stereocenters. The van der Waals surface area contributed by atoms with Gasteiger partial charge in [-0.15, -0.1) is 0 Å². The molecule has 0 aromatic heterocycles. The number of cyclic esters (lactones) is 1. The van der Waals surface area contributed by atoms with Crippen LogP contribution in [0.25, 0.3) is 0 Å². The lowest BCUT2D eigenvalue weighted by Crippen LogP contribution is -2.05. The van der Waals surface area contributed by atoms with Crippen molar-refractivity contribution in [3.63, 3.8) is 0 Å². The predicted molar refractivity (Wildman–Crippen MR) is 73.9 cm³/mol. The quantitative estimate of drug-likeness (QED) is 0.610. The van der Waals surface area contributed by atoms with Crippen LogP contribution in [0, 0.1) is 0 Å². The van der Waals surface area contributed by atoms with Crippen LogP contribution in [0.5, 0.6) is 0 Å². The Morgan fingerprint density at radius 2 is 2.00 bits per heavy atom. The first-order chi connectivity index (χ1) is 9.24. The van der Waals surface area contributed by atoms with E-state index in [0.29, 0.717) is 11.6 Å². The maximum Gasteiger partial charge on any atom is 0.363 e. The third-order valence-electron chi connectivity index (χ3n) is 3.14. The highest BCUT2D eigenvalue weighted by molar-refractivity contribution is 6.30. The Morgan fingerprint density at radius 1 is 1.21 bits per heavy atom. The fourth-order valence-corrected chi connectivity index (χ4v) is 2.44. The van der Waals surface area contributed by atoms with Gasteiger partial charge in [-0.1, -0.05) is 29.8 Å². The summed E-state index contributed by atoms with van der Waals surface area (Å²) in [5, 5.41) is 0.823. The standard InChI is InChI=1S/C15H12ClNO2/c16-12-8-4-7-11(12)9-13-15(18)19-14(17-13)10-5-2-1-3-6-10/h1-3,5-6,9H,4,7-8H2. The number of hydrogen-bond acceptors (Lipinski definition) is 3. The van der Waals surface area contributed by atoms with Crippen LogP contribution in [0.3, 0.4) is 0 Å². The molecule has 0 bridgehead atoms. The molecule has 1 aromatic rings. The maximum atomic E-state index is 11.8. The summed E-state index contributed by atoms with van der Waals surface area (Å²) >= 11 is 6.09. The molecule has 2 aliphatic rings. The van der Waals surface area contributed by atoms with Crippen molar-refractivity contribution >= 4 is 23.5 Å². The normalized spacial score (nSPS) is 21.0. The van der Waals surface area contributed by atoms with E-state index in [2.05, 4.69) is 4.99 Å². The average Bonchev–Trinajstić information content (AvgIpc) is 2.99. The van der Waals surface area contributed by atoms with E-state index in [4.69, 9.17) is 16.3 Å². The van der Waals surface area contributed by atoms with Crippen molar-refractivity contribution in [2.45, 2.75) is 19.3 Å². The molecular formula is C15H12ClNO2. The van der Waals surface area contributed by atoms with Crippen LogP contribution in [0.1, 0.15) is 24.8 Å². The maximum absolute atomic E-state index is 11.8. The summed E-state index contributed by atoms with van der Waals surface area (Å²) < 4.78 is 5.18. The monoisotopic (exact) mass is 273 g/mol. The molecule has 0 radical (unpaired) electrons. The number of esters is 1. The fraction of sp³-hybridized carbons (Fsp3) is 0.200. The molecule has 1 aliphatic carbocycles. The molecule has 3 nitrogen and oxygen atoms in total. The molecule has 3 rings (SSSR count). The molecule has 96 valence electrons. The van der Waals surface area contributed by atoms with Crippen LogP contribution in [0.15, 0.2) is 57.7 Å². The first-order valence-electron chi connectivity index (χ1n) is 6.19. The van der Waals surface area contributed by atoms with Crippen LogP contribution in [-0.4, -0.2) is 11.9 Å². The number of carbonyl (C=O) groups excluding carboxylic acids is 1. The molecule has 1 aliphatic heterocycles. The average molecular weight is 274 g/mol.